The Kier molecular flexibility index (Phi) is 4.26. The van der Waals surface area contributed by atoms with Crippen LogP contribution < -0.4 is 10.8 Å². The molecule has 104 valence electrons. The molecule has 1 aromatic carbocycles. The highest BCUT2D eigenvalue weighted by Crippen LogP contribution is 2.37. The number of halogens is 1. The van der Waals surface area contributed by atoms with Crippen molar-refractivity contribution >= 4 is 50.9 Å². The number of hydrogen-bond acceptors (Lipinski definition) is 3. The van der Waals surface area contributed by atoms with Crippen molar-refractivity contribution < 1.29 is 14.1 Å². The van der Waals surface area contributed by atoms with Crippen LogP contribution in [0.15, 0.2) is 18.2 Å². The fourth-order valence-electron chi connectivity index (χ4n) is 1.91. The second-order valence-electron chi connectivity index (χ2n) is 5.81. The molecule has 2 rings (SSSR count). The Labute approximate surface area is 132 Å². The van der Waals surface area contributed by atoms with Crippen molar-refractivity contribution in [2.75, 3.05) is 5.32 Å². The maximum Gasteiger partial charge on any atom is 0.496 e. The van der Waals surface area contributed by atoms with Gasteiger partial charge >= 0.3 is 7.12 Å². The molecule has 0 unspecified atom stereocenters. The first-order valence-electron chi connectivity index (χ1n) is 6.34. The van der Waals surface area contributed by atoms with Gasteiger partial charge in [-0.25, -0.2) is 0 Å². The SMILES string of the molecule is CC1(C)OB(c2cc(N[C](=O)[Al])ccc2Cl)OC1(C)C. The first kappa shape index (κ1) is 15.9. The Morgan fingerprint density at radius 1 is 1.25 bits per heavy atom. The number of hydrogen-bond donors (Lipinski definition) is 1. The lowest BCUT2D eigenvalue weighted by atomic mass is 9.79. The average molecular weight is 308 g/mol. The second kappa shape index (κ2) is 5.36. The summed E-state index contributed by atoms with van der Waals surface area (Å²) in [6.07, 6.45) is 0. The smallest absolute Gasteiger partial charge is 0.399 e. The number of anilines is 1. The third-order valence-electron chi connectivity index (χ3n) is 3.77. The molecule has 1 saturated heterocycles. The van der Waals surface area contributed by atoms with Gasteiger partial charge in [-0.3, -0.25) is 0 Å². The first-order chi connectivity index (χ1) is 9.12. The summed E-state index contributed by atoms with van der Waals surface area (Å²) in [7, 11) is -0.547. The summed E-state index contributed by atoms with van der Waals surface area (Å²) < 4.78 is 11.7. The molecule has 4 nitrogen and oxygen atoms in total. The van der Waals surface area contributed by atoms with Crippen LogP contribution in [0, 0.1) is 0 Å². The lowest BCUT2D eigenvalue weighted by Gasteiger charge is -2.32. The Morgan fingerprint density at radius 2 is 1.80 bits per heavy atom. The predicted octanol–water partition coefficient (Wildman–Crippen LogP) is 2.34. The molecule has 0 saturated carbocycles. The van der Waals surface area contributed by atoms with Crippen molar-refractivity contribution in [2.45, 2.75) is 38.9 Å². The van der Waals surface area contributed by atoms with E-state index in [2.05, 4.69) is 21.6 Å². The van der Waals surface area contributed by atoms with Gasteiger partial charge in [-0.1, -0.05) is 11.6 Å². The van der Waals surface area contributed by atoms with Crippen LogP contribution in [0.4, 0.5) is 10.5 Å². The Balaban J connectivity index is 2.32. The molecular formula is C13H16AlBClNO3. The molecule has 2 radical (unpaired) electrons. The molecule has 1 aliphatic rings. The minimum atomic E-state index is -0.547. The van der Waals surface area contributed by atoms with Gasteiger partial charge in [0.2, 0.25) is 0 Å². The van der Waals surface area contributed by atoms with Crippen LogP contribution >= 0.6 is 11.6 Å². The summed E-state index contributed by atoms with van der Waals surface area (Å²) in [6.45, 7) is 7.93. The minimum absolute atomic E-state index is 0.216. The third-order valence-corrected chi connectivity index (χ3v) is 4.26. The van der Waals surface area contributed by atoms with E-state index in [0.29, 0.717) is 16.2 Å². The van der Waals surface area contributed by atoms with E-state index in [1.807, 2.05) is 27.7 Å². The molecule has 0 aliphatic carbocycles. The van der Waals surface area contributed by atoms with Crippen LogP contribution in [-0.4, -0.2) is 39.4 Å². The summed E-state index contributed by atoms with van der Waals surface area (Å²) in [4.78, 5) is 11.1. The summed E-state index contributed by atoms with van der Waals surface area (Å²) in [6, 6.07) is 5.23. The normalized spacial score (nSPS) is 19.9. The zero-order chi connectivity index (χ0) is 15.1. The molecule has 7 heteroatoms. The molecule has 0 atom stereocenters. The molecule has 1 heterocycles. The Bertz CT molecular complexity index is 534. The number of carbonyl (C=O) groups excluding carboxylic acids is 1. The van der Waals surface area contributed by atoms with Crippen molar-refractivity contribution in [3.63, 3.8) is 0 Å². The minimum Gasteiger partial charge on any atom is -0.399 e. The number of benzene rings is 1. The Morgan fingerprint density at radius 3 is 2.30 bits per heavy atom. The fourth-order valence-corrected chi connectivity index (χ4v) is 2.29. The van der Waals surface area contributed by atoms with E-state index in [9.17, 15) is 4.79 Å². The molecule has 1 aromatic rings. The quantitative estimate of drug-likeness (QED) is 0.853. The topological polar surface area (TPSA) is 47.6 Å². The van der Waals surface area contributed by atoms with E-state index < -0.39 is 18.3 Å². The molecule has 1 amide bonds. The van der Waals surface area contributed by atoms with E-state index in [1.54, 1.807) is 18.2 Å². The van der Waals surface area contributed by atoms with Gasteiger partial charge in [0.25, 0.3) is 16.3 Å². The lowest BCUT2D eigenvalue weighted by Crippen LogP contribution is -2.41. The number of carbonyl (C=O) groups is 1. The molecule has 0 spiro atoms. The van der Waals surface area contributed by atoms with Crippen molar-refractivity contribution in [3.05, 3.63) is 23.2 Å². The molecular weight excluding hydrogens is 291 g/mol. The van der Waals surface area contributed by atoms with Gasteiger partial charge in [-0.2, -0.15) is 0 Å². The monoisotopic (exact) mass is 307 g/mol. The van der Waals surface area contributed by atoms with Crippen molar-refractivity contribution in [2.24, 2.45) is 0 Å². The zero-order valence-electron chi connectivity index (χ0n) is 12.0. The number of rotatable bonds is 2. The Hall–Kier alpha value is -0.503. The summed E-state index contributed by atoms with van der Waals surface area (Å²) >= 11 is 8.29. The lowest BCUT2D eigenvalue weighted by molar-refractivity contribution is 0.00578. The highest BCUT2D eigenvalue weighted by atomic mass is 35.5. The molecule has 0 aromatic heterocycles. The standard InChI is InChI=1S/C13H16BClNO3.Al/c1-12(2)13(3,4)19-14(18-12)10-7-9(16-8-17)5-6-11(10)15;/h5-7H,1-4H3,(H,16,17);. The van der Waals surface area contributed by atoms with Gasteiger partial charge in [0, 0.05) is 16.2 Å². The average Bonchev–Trinajstić information content (AvgIpc) is 2.50. The van der Waals surface area contributed by atoms with Gasteiger partial charge in [0.15, 0.2) is 0 Å². The highest BCUT2D eigenvalue weighted by Gasteiger charge is 2.52. The van der Waals surface area contributed by atoms with Crippen LogP contribution in [0.2, 0.25) is 5.02 Å². The third kappa shape index (κ3) is 3.05. The van der Waals surface area contributed by atoms with Gasteiger partial charge in [0.1, 0.15) is 4.77 Å². The largest absolute Gasteiger partial charge is 0.496 e. The van der Waals surface area contributed by atoms with E-state index in [-0.39, 0.29) is 4.77 Å². The van der Waals surface area contributed by atoms with E-state index in [4.69, 9.17) is 20.9 Å². The fraction of sp³-hybridized carbons (Fsp3) is 0.462. The molecule has 20 heavy (non-hydrogen) atoms. The predicted molar refractivity (Wildman–Crippen MR) is 81.9 cm³/mol. The maximum atomic E-state index is 11.1. The highest BCUT2D eigenvalue weighted by molar-refractivity contribution is 6.66. The molecule has 1 N–H and O–H groups in total. The van der Waals surface area contributed by atoms with Gasteiger partial charge < -0.3 is 19.4 Å². The van der Waals surface area contributed by atoms with Crippen LogP contribution in [0.3, 0.4) is 0 Å². The summed E-state index contributed by atoms with van der Waals surface area (Å²) in [5.74, 6) is 0. The maximum absolute atomic E-state index is 11.1. The van der Waals surface area contributed by atoms with E-state index in [0.717, 1.165) is 0 Å². The van der Waals surface area contributed by atoms with Crippen LogP contribution in [0.5, 0.6) is 0 Å². The number of nitrogens with one attached hydrogen (secondary N) is 1. The van der Waals surface area contributed by atoms with E-state index in [1.165, 1.54) is 0 Å². The molecule has 0 bridgehead atoms. The summed E-state index contributed by atoms with van der Waals surface area (Å²) in [5, 5.41) is 3.24. The molecule has 1 aliphatic heterocycles. The number of amides is 1. The van der Waals surface area contributed by atoms with E-state index >= 15 is 0 Å². The van der Waals surface area contributed by atoms with Gasteiger partial charge in [-0.15, -0.1) is 0 Å². The van der Waals surface area contributed by atoms with Crippen molar-refractivity contribution in [1.29, 1.82) is 0 Å². The first-order valence-corrected chi connectivity index (χ1v) is 7.29. The van der Waals surface area contributed by atoms with Crippen LogP contribution in [-0.2, 0) is 9.31 Å². The summed E-state index contributed by atoms with van der Waals surface area (Å²) in [5.41, 5.74) is 0.502. The zero-order valence-corrected chi connectivity index (χ0v) is 13.9. The van der Waals surface area contributed by atoms with Gasteiger partial charge in [0.05, 0.1) is 11.2 Å². The molecule has 1 fully saturated rings. The van der Waals surface area contributed by atoms with Crippen molar-refractivity contribution in [3.8, 4) is 0 Å². The van der Waals surface area contributed by atoms with Gasteiger partial charge in [-0.05, 0) is 45.9 Å². The second-order valence-corrected chi connectivity index (χ2v) is 6.75. The van der Waals surface area contributed by atoms with Crippen molar-refractivity contribution in [1.82, 2.24) is 0 Å². The van der Waals surface area contributed by atoms with Crippen LogP contribution in [0.25, 0.3) is 0 Å². The van der Waals surface area contributed by atoms with Crippen LogP contribution in [0.1, 0.15) is 27.7 Å².